The fraction of sp³-hybridized carbons (Fsp3) is 0.412. The van der Waals surface area contributed by atoms with E-state index in [0.717, 1.165) is 21.8 Å². The molecule has 3 aromatic heterocycles. The van der Waals surface area contributed by atoms with Gasteiger partial charge in [0.2, 0.25) is 5.91 Å². The summed E-state index contributed by atoms with van der Waals surface area (Å²) in [4.78, 5) is 24.5. The van der Waals surface area contributed by atoms with E-state index in [1.165, 1.54) is 0 Å². The molecular weight excluding hydrogens is 338 g/mol. The molecule has 0 aliphatic carbocycles. The van der Waals surface area contributed by atoms with E-state index in [2.05, 4.69) is 15.1 Å². The van der Waals surface area contributed by atoms with Crippen LogP contribution in [0.3, 0.4) is 0 Å². The average molecular weight is 357 g/mol. The number of aromatic nitrogens is 4. The highest BCUT2D eigenvalue weighted by molar-refractivity contribution is 7.13. The first-order valence-electron chi connectivity index (χ1n) is 8.26. The number of fused-ring (bicyclic) bond motifs is 1. The predicted octanol–water partition coefficient (Wildman–Crippen LogP) is 1.87. The van der Waals surface area contributed by atoms with Gasteiger partial charge >= 0.3 is 0 Å². The molecule has 1 aliphatic rings. The van der Waals surface area contributed by atoms with Crippen molar-refractivity contribution in [3.05, 3.63) is 34.5 Å². The predicted molar refractivity (Wildman–Crippen MR) is 94.7 cm³/mol. The molecule has 1 saturated heterocycles. The minimum absolute atomic E-state index is 0.106. The first-order valence-corrected chi connectivity index (χ1v) is 9.13. The zero-order chi connectivity index (χ0) is 17.4. The SMILES string of the molecule is Cc1nc2nc(-c3cccs3)nn2c(C)c1CC(=O)N1CCOCC1. The molecule has 0 N–H and O–H groups in total. The van der Waals surface area contributed by atoms with Crippen LogP contribution in [0.5, 0.6) is 0 Å². The fourth-order valence-corrected chi connectivity index (χ4v) is 3.70. The second kappa shape index (κ2) is 6.53. The van der Waals surface area contributed by atoms with Gasteiger partial charge in [0.1, 0.15) is 0 Å². The Morgan fingerprint density at radius 1 is 1.28 bits per heavy atom. The summed E-state index contributed by atoms with van der Waals surface area (Å²) < 4.78 is 7.06. The van der Waals surface area contributed by atoms with Gasteiger partial charge in [0.05, 0.1) is 24.5 Å². The smallest absolute Gasteiger partial charge is 0.253 e. The van der Waals surface area contributed by atoms with Crippen molar-refractivity contribution in [3.8, 4) is 10.7 Å². The van der Waals surface area contributed by atoms with E-state index in [0.29, 0.717) is 44.3 Å². The minimum Gasteiger partial charge on any atom is -0.378 e. The molecule has 0 aromatic carbocycles. The van der Waals surface area contributed by atoms with Gasteiger partial charge < -0.3 is 9.64 Å². The third kappa shape index (κ3) is 3.03. The third-order valence-electron chi connectivity index (χ3n) is 4.48. The van der Waals surface area contributed by atoms with Crippen LogP contribution in [0.2, 0.25) is 0 Å². The van der Waals surface area contributed by atoms with Gasteiger partial charge in [0.25, 0.3) is 5.78 Å². The molecule has 0 radical (unpaired) electrons. The zero-order valence-electron chi connectivity index (χ0n) is 14.2. The van der Waals surface area contributed by atoms with Gasteiger partial charge in [-0.15, -0.1) is 16.4 Å². The van der Waals surface area contributed by atoms with Crippen LogP contribution in [0, 0.1) is 13.8 Å². The van der Waals surface area contributed by atoms with E-state index < -0.39 is 0 Å². The van der Waals surface area contributed by atoms with Crippen molar-refractivity contribution < 1.29 is 9.53 Å². The fourth-order valence-electron chi connectivity index (χ4n) is 3.05. The number of hydrogen-bond acceptors (Lipinski definition) is 6. The molecule has 1 fully saturated rings. The Kier molecular flexibility index (Phi) is 4.22. The summed E-state index contributed by atoms with van der Waals surface area (Å²) in [5, 5.41) is 6.58. The highest BCUT2D eigenvalue weighted by Crippen LogP contribution is 2.23. The number of aryl methyl sites for hydroxylation is 2. The molecule has 0 bridgehead atoms. The molecule has 3 aromatic rings. The molecule has 4 heterocycles. The molecule has 8 heteroatoms. The number of morpholine rings is 1. The minimum atomic E-state index is 0.106. The van der Waals surface area contributed by atoms with Crippen molar-refractivity contribution in [1.82, 2.24) is 24.5 Å². The molecule has 0 saturated carbocycles. The van der Waals surface area contributed by atoms with E-state index in [-0.39, 0.29) is 5.91 Å². The first kappa shape index (κ1) is 16.2. The highest BCUT2D eigenvalue weighted by atomic mass is 32.1. The number of thiophene rings is 1. The number of nitrogens with zero attached hydrogens (tertiary/aromatic N) is 5. The number of amides is 1. The lowest BCUT2D eigenvalue weighted by atomic mass is 10.1. The van der Waals surface area contributed by atoms with Crippen LogP contribution in [-0.4, -0.2) is 56.7 Å². The maximum Gasteiger partial charge on any atom is 0.253 e. The molecular formula is C17H19N5O2S. The molecule has 25 heavy (non-hydrogen) atoms. The van der Waals surface area contributed by atoms with Crippen molar-refractivity contribution in [2.45, 2.75) is 20.3 Å². The Morgan fingerprint density at radius 3 is 2.80 bits per heavy atom. The summed E-state index contributed by atoms with van der Waals surface area (Å²) in [5.41, 5.74) is 2.67. The lowest BCUT2D eigenvalue weighted by Gasteiger charge is -2.27. The summed E-state index contributed by atoms with van der Waals surface area (Å²) >= 11 is 1.60. The van der Waals surface area contributed by atoms with Gasteiger partial charge in [0, 0.05) is 30.0 Å². The standard InChI is InChI=1S/C17H19N5O2S/c1-11-13(10-15(23)21-5-7-24-8-6-21)12(2)22-17(18-11)19-16(20-22)14-4-3-9-25-14/h3-4,9H,5-8,10H2,1-2H3. The van der Waals surface area contributed by atoms with E-state index in [1.807, 2.05) is 36.3 Å². The van der Waals surface area contributed by atoms with Crippen LogP contribution in [0.15, 0.2) is 17.5 Å². The van der Waals surface area contributed by atoms with Crippen molar-refractivity contribution >= 4 is 23.0 Å². The molecule has 0 atom stereocenters. The van der Waals surface area contributed by atoms with Crippen LogP contribution in [0.1, 0.15) is 17.0 Å². The van der Waals surface area contributed by atoms with Crippen LogP contribution in [0.4, 0.5) is 0 Å². The number of carbonyl (C=O) groups excluding carboxylic acids is 1. The topological polar surface area (TPSA) is 72.6 Å². The van der Waals surface area contributed by atoms with Gasteiger partial charge in [0.15, 0.2) is 5.82 Å². The zero-order valence-corrected chi connectivity index (χ0v) is 15.0. The van der Waals surface area contributed by atoms with E-state index in [1.54, 1.807) is 15.9 Å². The van der Waals surface area contributed by atoms with E-state index in [4.69, 9.17) is 4.74 Å². The molecule has 130 valence electrons. The van der Waals surface area contributed by atoms with Gasteiger partial charge in [-0.05, 0) is 25.3 Å². The lowest BCUT2D eigenvalue weighted by molar-refractivity contribution is -0.134. The number of carbonyl (C=O) groups is 1. The maximum absolute atomic E-state index is 12.6. The summed E-state index contributed by atoms with van der Waals surface area (Å²) in [6.07, 6.45) is 0.328. The molecule has 1 aliphatic heterocycles. The second-order valence-electron chi connectivity index (χ2n) is 6.06. The number of rotatable bonds is 3. The highest BCUT2D eigenvalue weighted by Gasteiger charge is 2.21. The van der Waals surface area contributed by atoms with Crippen LogP contribution >= 0.6 is 11.3 Å². The molecule has 0 unspecified atom stereocenters. The van der Waals surface area contributed by atoms with Crippen LogP contribution in [0.25, 0.3) is 16.5 Å². The molecule has 1 amide bonds. The number of ether oxygens (including phenoxy) is 1. The molecule has 7 nitrogen and oxygen atoms in total. The summed E-state index contributed by atoms with van der Waals surface area (Å²) in [6, 6.07) is 3.97. The Balaban J connectivity index is 1.68. The van der Waals surface area contributed by atoms with Gasteiger partial charge in [-0.1, -0.05) is 6.07 Å². The Labute approximate surface area is 149 Å². The monoisotopic (exact) mass is 357 g/mol. The lowest BCUT2D eigenvalue weighted by Crippen LogP contribution is -2.41. The Hall–Kier alpha value is -2.32. The van der Waals surface area contributed by atoms with Crippen molar-refractivity contribution in [2.75, 3.05) is 26.3 Å². The van der Waals surface area contributed by atoms with E-state index >= 15 is 0 Å². The van der Waals surface area contributed by atoms with Crippen LogP contribution < -0.4 is 0 Å². The van der Waals surface area contributed by atoms with Crippen molar-refractivity contribution in [2.24, 2.45) is 0 Å². The summed E-state index contributed by atoms with van der Waals surface area (Å²) in [5.74, 6) is 1.34. The van der Waals surface area contributed by atoms with Crippen molar-refractivity contribution in [3.63, 3.8) is 0 Å². The average Bonchev–Trinajstić information content (AvgIpc) is 3.28. The van der Waals surface area contributed by atoms with Crippen molar-refractivity contribution in [1.29, 1.82) is 0 Å². The largest absolute Gasteiger partial charge is 0.378 e. The quantitative estimate of drug-likeness (QED) is 0.715. The normalized spacial score (nSPS) is 15.0. The first-order chi connectivity index (χ1) is 12.1. The molecule has 4 rings (SSSR count). The number of hydrogen-bond donors (Lipinski definition) is 0. The van der Waals surface area contributed by atoms with Crippen LogP contribution in [-0.2, 0) is 16.0 Å². The Morgan fingerprint density at radius 2 is 2.08 bits per heavy atom. The summed E-state index contributed by atoms with van der Waals surface area (Å²) in [7, 11) is 0. The van der Waals surface area contributed by atoms with E-state index in [9.17, 15) is 4.79 Å². The third-order valence-corrected chi connectivity index (χ3v) is 5.35. The maximum atomic E-state index is 12.6. The molecule has 0 spiro atoms. The van der Waals surface area contributed by atoms with Gasteiger partial charge in [-0.3, -0.25) is 4.79 Å². The van der Waals surface area contributed by atoms with Gasteiger partial charge in [-0.25, -0.2) is 9.50 Å². The second-order valence-corrected chi connectivity index (χ2v) is 7.00. The van der Waals surface area contributed by atoms with Gasteiger partial charge in [-0.2, -0.15) is 4.98 Å². The summed E-state index contributed by atoms with van der Waals surface area (Å²) in [6.45, 7) is 6.41. The Bertz CT molecular complexity index is 913.